The second-order valence-electron chi connectivity index (χ2n) is 5.51. The van der Waals surface area contributed by atoms with Gasteiger partial charge in [0.05, 0.1) is 11.5 Å². The lowest BCUT2D eigenvalue weighted by molar-refractivity contribution is 0.0638. The first-order chi connectivity index (χ1) is 9.28. The van der Waals surface area contributed by atoms with Gasteiger partial charge < -0.3 is 9.32 Å². The van der Waals surface area contributed by atoms with Crippen LogP contribution in [0.25, 0.3) is 0 Å². The molecule has 1 atom stereocenters. The van der Waals surface area contributed by atoms with Gasteiger partial charge in [-0.3, -0.25) is 4.79 Å². The third-order valence-corrected chi connectivity index (χ3v) is 5.43. The topological polar surface area (TPSA) is 67.6 Å². The number of sulfone groups is 1. The molecule has 2 heterocycles. The minimum absolute atomic E-state index is 0.0489. The van der Waals surface area contributed by atoms with Crippen LogP contribution in [0, 0.1) is 5.92 Å². The van der Waals surface area contributed by atoms with E-state index in [2.05, 4.69) is 15.9 Å². The van der Waals surface area contributed by atoms with Gasteiger partial charge in [0, 0.05) is 12.6 Å². The van der Waals surface area contributed by atoms with E-state index in [1.165, 1.54) is 0 Å². The molecule has 0 unspecified atom stereocenters. The van der Waals surface area contributed by atoms with Gasteiger partial charge in [-0.25, -0.2) is 8.42 Å². The van der Waals surface area contributed by atoms with Crippen LogP contribution in [0.4, 0.5) is 0 Å². The van der Waals surface area contributed by atoms with E-state index in [-0.39, 0.29) is 35.1 Å². The Kier molecular flexibility index (Phi) is 4.59. The van der Waals surface area contributed by atoms with Crippen LogP contribution in [0.1, 0.15) is 30.8 Å². The van der Waals surface area contributed by atoms with E-state index in [1.54, 1.807) is 17.0 Å². The van der Waals surface area contributed by atoms with Crippen molar-refractivity contribution in [1.82, 2.24) is 4.90 Å². The minimum Gasteiger partial charge on any atom is -0.444 e. The van der Waals surface area contributed by atoms with Crippen LogP contribution < -0.4 is 0 Å². The highest BCUT2D eigenvalue weighted by Gasteiger charge is 2.36. The summed E-state index contributed by atoms with van der Waals surface area (Å²) in [6.45, 7) is 4.53. The molecule has 0 radical (unpaired) electrons. The molecule has 5 nitrogen and oxygen atoms in total. The molecule has 20 heavy (non-hydrogen) atoms. The van der Waals surface area contributed by atoms with Crippen molar-refractivity contribution in [2.45, 2.75) is 26.3 Å². The maximum absolute atomic E-state index is 12.5. The molecule has 1 fully saturated rings. The van der Waals surface area contributed by atoms with Crippen molar-refractivity contribution in [2.24, 2.45) is 5.92 Å². The van der Waals surface area contributed by atoms with Crippen LogP contribution in [-0.4, -0.2) is 43.3 Å². The zero-order valence-corrected chi connectivity index (χ0v) is 13.9. The molecular formula is C13H18BrNO4S. The lowest BCUT2D eigenvalue weighted by Crippen LogP contribution is -2.43. The van der Waals surface area contributed by atoms with E-state index in [0.29, 0.717) is 17.6 Å². The number of carbonyl (C=O) groups is 1. The summed E-state index contributed by atoms with van der Waals surface area (Å²) in [4.78, 5) is 14.1. The van der Waals surface area contributed by atoms with Crippen LogP contribution in [-0.2, 0) is 9.84 Å². The second-order valence-corrected chi connectivity index (χ2v) is 8.52. The highest BCUT2D eigenvalue weighted by atomic mass is 79.9. The first-order valence-electron chi connectivity index (χ1n) is 6.55. The molecule has 1 aliphatic rings. The predicted octanol–water partition coefficient (Wildman–Crippen LogP) is 2.33. The Morgan fingerprint density at radius 3 is 2.65 bits per heavy atom. The molecule has 0 N–H and O–H groups in total. The largest absolute Gasteiger partial charge is 0.444 e. The van der Waals surface area contributed by atoms with E-state index in [1.807, 2.05) is 13.8 Å². The highest BCUT2D eigenvalue weighted by molar-refractivity contribution is 9.10. The summed E-state index contributed by atoms with van der Waals surface area (Å²) in [7, 11) is -3.02. The van der Waals surface area contributed by atoms with Gasteiger partial charge >= 0.3 is 0 Å². The van der Waals surface area contributed by atoms with Gasteiger partial charge in [0.1, 0.15) is 0 Å². The zero-order chi connectivity index (χ0) is 14.9. The van der Waals surface area contributed by atoms with Crippen LogP contribution in [0.5, 0.6) is 0 Å². The van der Waals surface area contributed by atoms with Gasteiger partial charge in [-0.1, -0.05) is 13.8 Å². The predicted molar refractivity (Wildman–Crippen MR) is 79.3 cm³/mol. The summed E-state index contributed by atoms with van der Waals surface area (Å²) >= 11 is 3.17. The third-order valence-electron chi connectivity index (χ3n) is 3.26. The fourth-order valence-corrected chi connectivity index (χ4v) is 4.42. The standard InChI is InChI=1S/C13H18BrNO4S/c1-9(2)7-15(10-5-6-20(17,18)8-10)13(16)11-3-4-12(14)19-11/h3-4,9-10H,5-8H2,1-2H3/t10-/m1/s1. The molecule has 1 aromatic heterocycles. The van der Waals surface area contributed by atoms with Crippen LogP contribution in [0.15, 0.2) is 21.2 Å². The van der Waals surface area contributed by atoms with Crippen molar-refractivity contribution in [3.8, 4) is 0 Å². The van der Waals surface area contributed by atoms with Crippen LogP contribution in [0.2, 0.25) is 0 Å². The molecule has 0 saturated carbocycles. The molecule has 0 aromatic carbocycles. The Morgan fingerprint density at radius 1 is 1.50 bits per heavy atom. The summed E-state index contributed by atoms with van der Waals surface area (Å²) < 4.78 is 29.0. The Bertz CT molecular complexity index is 593. The molecule has 1 aromatic rings. The molecule has 1 saturated heterocycles. The summed E-state index contributed by atoms with van der Waals surface area (Å²) in [5, 5.41) is 0. The fraction of sp³-hybridized carbons (Fsp3) is 0.615. The van der Waals surface area contributed by atoms with Crippen molar-refractivity contribution < 1.29 is 17.6 Å². The van der Waals surface area contributed by atoms with E-state index in [0.717, 1.165) is 0 Å². The monoisotopic (exact) mass is 363 g/mol. The summed E-state index contributed by atoms with van der Waals surface area (Å²) in [5.74, 6) is 0.461. The number of amides is 1. The number of hydrogen-bond donors (Lipinski definition) is 0. The van der Waals surface area contributed by atoms with Crippen molar-refractivity contribution >= 4 is 31.7 Å². The normalized spacial score (nSPS) is 21.3. The summed E-state index contributed by atoms with van der Waals surface area (Å²) in [5.41, 5.74) is 0. The quantitative estimate of drug-likeness (QED) is 0.823. The SMILES string of the molecule is CC(C)CN(C(=O)c1ccc(Br)o1)[C@@H]1CCS(=O)(=O)C1. The number of carbonyl (C=O) groups excluding carboxylic acids is 1. The van der Waals surface area contributed by atoms with E-state index in [9.17, 15) is 13.2 Å². The van der Waals surface area contributed by atoms with Crippen molar-refractivity contribution in [3.63, 3.8) is 0 Å². The molecule has 7 heteroatoms. The maximum Gasteiger partial charge on any atom is 0.289 e. The third kappa shape index (κ3) is 3.63. The number of rotatable bonds is 4. The Morgan fingerprint density at radius 2 is 2.20 bits per heavy atom. The van der Waals surface area contributed by atoms with Gasteiger partial charge in [0.15, 0.2) is 20.3 Å². The zero-order valence-electron chi connectivity index (χ0n) is 11.5. The van der Waals surface area contributed by atoms with E-state index < -0.39 is 9.84 Å². The molecule has 1 aliphatic heterocycles. The molecule has 2 rings (SSSR count). The lowest BCUT2D eigenvalue weighted by Gasteiger charge is -2.29. The van der Waals surface area contributed by atoms with Gasteiger partial charge in [0.25, 0.3) is 5.91 Å². The smallest absolute Gasteiger partial charge is 0.289 e. The van der Waals surface area contributed by atoms with Gasteiger partial charge in [-0.05, 0) is 40.4 Å². The number of hydrogen-bond acceptors (Lipinski definition) is 4. The lowest BCUT2D eigenvalue weighted by atomic mass is 10.1. The Balaban J connectivity index is 2.21. The number of furan rings is 1. The fourth-order valence-electron chi connectivity index (χ4n) is 2.38. The molecule has 0 aliphatic carbocycles. The number of nitrogens with zero attached hydrogens (tertiary/aromatic N) is 1. The van der Waals surface area contributed by atoms with E-state index >= 15 is 0 Å². The first kappa shape index (κ1) is 15.6. The second kappa shape index (κ2) is 5.89. The maximum atomic E-state index is 12.5. The van der Waals surface area contributed by atoms with Gasteiger partial charge in [-0.15, -0.1) is 0 Å². The van der Waals surface area contributed by atoms with Crippen molar-refractivity contribution in [3.05, 3.63) is 22.6 Å². The average Bonchev–Trinajstić information content (AvgIpc) is 2.91. The molecule has 0 bridgehead atoms. The average molecular weight is 364 g/mol. The van der Waals surface area contributed by atoms with Crippen molar-refractivity contribution in [2.75, 3.05) is 18.1 Å². The highest BCUT2D eigenvalue weighted by Crippen LogP contribution is 2.23. The van der Waals surface area contributed by atoms with Crippen LogP contribution in [0.3, 0.4) is 0 Å². The summed E-state index contributed by atoms with van der Waals surface area (Å²) in [6, 6.07) is 3.01. The minimum atomic E-state index is -3.02. The molecule has 1 amide bonds. The number of halogens is 1. The molecular weight excluding hydrogens is 346 g/mol. The molecule has 112 valence electrons. The van der Waals surface area contributed by atoms with Gasteiger partial charge in [0.2, 0.25) is 0 Å². The Hall–Kier alpha value is -0.820. The van der Waals surface area contributed by atoms with Crippen LogP contribution >= 0.6 is 15.9 Å². The Labute approximate surface area is 127 Å². The molecule has 0 spiro atoms. The van der Waals surface area contributed by atoms with E-state index in [4.69, 9.17) is 4.42 Å². The van der Waals surface area contributed by atoms with Crippen molar-refractivity contribution in [1.29, 1.82) is 0 Å². The van der Waals surface area contributed by atoms with Gasteiger partial charge in [-0.2, -0.15) is 0 Å². The summed E-state index contributed by atoms with van der Waals surface area (Å²) in [6.07, 6.45) is 0.503. The first-order valence-corrected chi connectivity index (χ1v) is 9.16.